The molecule has 0 saturated heterocycles. The molecule has 0 amide bonds. The Balaban J connectivity index is 1.88. The number of fused-ring (bicyclic) bond motifs is 1. The molecule has 0 spiro atoms. The zero-order valence-electron chi connectivity index (χ0n) is 9.94. The van der Waals surface area contributed by atoms with Gasteiger partial charge in [0, 0.05) is 12.0 Å². The first-order chi connectivity index (χ1) is 9.13. The third-order valence-corrected chi connectivity index (χ3v) is 3.28. The fourth-order valence-corrected chi connectivity index (χ4v) is 2.34. The maximum absolute atomic E-state index is 12.9. The lowest BCUT2D eigenvalue weighted by molar-refractivity contribution is 0.0649. The number of nitrogen functional groups attached to an aromatic ring is 1. The van der Waals surface area contributed by atoms with E-state index in [1.807, 2.05) is 0 Å². The van der Waals surface area contributed by atoms with Crippen LogP contribution >= 0.6 is 11.6 Å². The molecule has 3 rings (SSSR count). The predicted molar refractivity (Wildman–Crippen MR) is 69.1 cm³/mol. The van der Waals surface area contributed by atoms with Crippen molar-refractivity contribution >= 4 is 17.4 Å². The van der Waals surface area contributed by atoms with Gasteiger partial charge in [-0.15, -0.1) is 0 Å². The van der Waals surface area contributed by atoms with Gasteiger partial charge in [0.1, 0.15) is 17.7 Å². The molecule has 1 aliphatic heterocycles. The molecule has 2 aromatic rings. The predicted octanol–water partition coefficient (Wildman–Crippen LogP) is 2.67. The van der Waals surface area contributed by atoms with Crippen LogP contribution in [0, 0.1) is 5.82 Å². The molecule has 1 aromatic carbocycles. The van der Waals surface area contributed by atoms with E-state index < -0.39 is 0 Å². The van der Waals surface area contributed by atoms with Gasteiger partial charge in [-0.25, -0.2) is 14.4 Å². The van der Waals surface area contributed by atoms with Crippen LogP contribution < -0.4 is 5.73 Å². The number of hydrogen-bond acceptors (Lipinski definition) is 4. The number of hydrogen-bond donors (Lipinski definition) is 1. The van der Waals surface area contributed by atoms with Crippen LogP contribution in [0.4, 0.5) is 10.2 Å². The number of anilines is 1. The molecule has 19 heavy (non-hydrogen) atoms. The second kappa shape index (κ2) is 4.75. The van der Waals surface area contributed by atoms with Crippen LogP contribution in [0.5, 0.6) is 0 Å². The van der Waals surface area contributed by atoms with Crippen LogP contribution in [0.3, 0.4) is 0 Å². The lowest BCUT2D eigenvalue weighted by Crippen LogP contribution is -2.05. The van der Waals surface area contributed by atoms with Crippen molar-refractivity contribution in [1.82, 2.24) is 9.97 Å². The van der Waals surface area contributed by atoms with Crippen LogP contribution in [0.15, 0.2) is 24.3 Å². The molecule has 0 aliphatic carbocycles. The van der Waals surface area contributed by atoms with E-state index in [0.717, 1.165) is 16.8 Å². The second-order valence-electron chi connectivity index (χ2n) is 4.37. The Kier molecular flexibility index (Phi) is 3.08. The topological polar surface area (TPSA) is 61.0 Å². The summed E-state index contributed by atoms with van der Waals surface area (Å²) in [5.41, 5.74) is 8.26. The molecular formula is C13H11ClFN3O. The molecule has 98 valence electrons. The lowest BCUT2D eigenvalue weighted by Gasteiger charge is -2.10. The highest BCUT2D eigenvalue weighted by molar-refractivity contribution is 6.28. The first kappa shape index (κ1) is 12.3. The summed E-state index contributed by atoms with van der Waals surface area (Å²) in [6.45, 7) is 0.379. The molecule has 1 aliphatic rings. The highest BCUT2D eigenvalue weighted by Gasteiger charge is 2.28. The largest absolute Gasteiger partial charge is 0.383 e. The molecular weight excluding hydrogens is 269 g/mol. The second-order valence-corrected chi connectivity index (χ2v) is 4.71. The number of ether oxygens (including phenoxy) is 1. The lowest BCUT2D eigenvalue weighted by atomic mass is 10.0. The van der Waals surface area contributed by atoms with E-state index in [-0.39, 0.29) is 17.2 Å². The first-order valence-electron chi connectivity index (χ1n) is 5.81. The molecule has 1 unspecified atom stereocenters. The van der Waals surface area contributed by atoms with Crippen molar-refractivity contribution in [3.63, 3.8) is 0 Å². The average molecular weight is 280 g/mol. The van der Waals surface area contributed by atoms with Crippen molar-refractivity contribution in [2.45, 2.75) is 19.1 Å². The highest BCUT2D eigenvalue weighted by atomic mass is 35.5. The maximum Gasteiger partial charge on any atom is 0.224 e. The van der Waals surface area contributed by atoms with Crippen LogP contribution in [-0.4, -0.2) is 9.97 Å². The molecule has 0 radical (unpaired) electrons. The average Bonchev–Trinajstić information content (AvgIpc) is 2.76. The molecule has 1 atom stereocenters. The minimum atomic E-state index is -0.258. The van der Waals surface area contributed by atoms with Gasteiger partial charge in [0.25, 0.3) is 0 Å². The van der Waals surface area contributed by atoms with Crippen molar-refractivity contribution in [3.8, 4) is 0 Å². The smallest absolute Gasteiger partial charge is 0.224 e. The Morgan fingerprint density at radius 1 is 1.32 bits per heavy atom. The summed E-state index contributed by atoms with van der Waals surface area (Å²) in [6, 6.07) is 6.30. The van der Waals surface area contributed by atoms with Gasteiger partial charge in [-0.1, -0.05) is 12.1 Å². The quantitative estimate of drug-likeness (QED) is 0.859. The van der Waals surface area contributed by atoms with E-state index in [1.165, 1.54) is 12.1 Å². The summed E-state index contributed by atoms with van der Waals surface area (Å²) in [7, 11) is 0. The molecule has 0 bridgehead atoms. The zero-order valence-corrected chi connectivity index (χ0v) is 10.7. The minimum Gasteiger partial charge on any atom is -0.383 e. The third kappa shape index (κ3) is 2.39. The van der Waals surface area contributed by atoms with Crippen LogP contribution in [0.2, 0.25) is 5.28 Å². The first-order valence-corrected chi connectivity index (χ1v) is 6.19. The van der Waals surface area contributed by atoms with Crippen molar-refractivity contribution in [2.75, 3.05) is 5.73 Å². The molecule has 6 heteroatoms. The Hall–Kier alpha value is -1.72. The van der Waals surface area contributed by atoms with Gasteiger partial charge in [0.05, 0.1) is 12.3 Å². The van der Waals surface area contributed by atoms with Crippen molar-refractivity contribution < 1.29 is 9.13 Å². The van der Waals surface area contributed by atoms with Crippen LogP contribution in [0.25, 0.3) is 0 Å². The fourth-order valence-electron chi connectivity index (χ4n) is 2.16. The summed E-state index contributed by atoms with van der Waals surface area (Å²) < 4.78 is 18.5. The molecule has 0 saturated carbocycles. The number of nitrogens with two attached hydrogens (primary N) is 1. The summed E-state index contributed by atoms with van der Waals surface area (Å²) in [6.07, 6.45) is 0.378. The normalized spacial score (nSPS) is 17.5. The van der Waals surface area contributed by atoms with Gasteiger partial charge in [-0.2, -0.15) is 0 Å². The van der Waals surface area contributed by atoms with Crippen molar-refractivity contribution in [3.05, 3.63) is 52.2 Å². The Morgan fingerprint density at radius 3 is 2.79 bits per heavy atom. The maximum atomic E-state index is 12.9. The number of rotatable bonds is 2. The molecule has 2 N–H and O–H groups in total. The summed E-state index contributed by atoms with van der Waals surface area (Å²) in [5.74, 6) is 0.0997. The van der Waals surface area contributed by atoms with Crippen molar-refractivity contribution in [1.29, 1.82) is 0 Å². The zero-order chi connectivity index (χ0) is 13.4. The molecule has 2 heterocycles. The summed E-state index contributed by atoms with van der Waals surface area (Å²) in [4.78, 5) is 8.09. The van der Waals surface area contributed by atoms with Crippen LogP contribution in [-0.2, 0) is 17.8 Å². The molecule has 0 fully saturated rings. The van der Waals surface area contributed by atoms with E-state index in [2.05, 4.69) is 9.97 Å². The minimum absolute atomic E-state index is 0.117. The van der Waals surface area contributed by atoms with Gasteiger partial charge in [-0.3, -0.25) is 0 Å². The number of nitrogens with zero attached hydrogens (tertiary/aromatic N) is 2. The Bertz CT molecular complexity index is 618. The summed E-state index contributed by atoms with van der Waals surface area (Å²) >= 11 is 5.81. The SMILES string of the molecule is Nc1nc(Cl)nc2c1COC2Cc1ccc(F)cc1. The van der Waals surface area contributed by atoms with Crippen molar-refractivity contribution in [2.24, 2.45) is 0 Å². The number of benzene rings is 1. The van der Waals surface area contributed by atoms with E-state index in [9.17, 15) is 4.39 Å². The van der Waals surface area contributed by atoms with Gasteiger partial charge < -0.3 is 10.5 Å². The van der Waals surface area contributed by atoms with E-state index in [4.69, 9.17) is 22.1 Å². The van der Waals surface area contributed by atoms with E-state index in [0.29, 0.717) is 18.8 Å². The number of aromatic nitrogens is 2. The van der Waals surface area contributed by atoms with Gasteiger partial charge >= 0.3 is 0 Å². The van der Waals surface area contributed by atoms with Crippen LogP contribution in [0.1, 0.15) is 22.9 Å². The van der Waals surface area contributed by atoms with Gasteiger partial charge in [0.2, 0.25) is 5.28 Å². The van der Waals surface area contributed by atoms with Gasteiger partial charge in [-0.05, 0) is 29.3 Å². The third-order valence-electron chi connectivity index (χ3n) is 3.11. The molecule has 1 aromatic heterocycles. The Morgan fingerprint density at radius 2 is 2.05 bits per heavy atom. The fraction of sp³-hybridized carbons (Fsp3) is 0.231. The Labute approximate surface area is 114 Å². The van der Waals surface area contributed by atoms with E-state index >= 15 is 0 Å². The summed E-state index contributed by atoms with van der Waals surface area (Å²) in [5, 5.41) is 0.117. The van der Waals surface area contributed by atoms with E-state index in [1.54, 1.807) is 12.1 Å². The van der Waals surface area contributed by atoms with Gasteiger partial charge in [0.15, 0.2) is 0 Å². The standard InChI is InChI=1S/C13H11ClFN3O/c14-13-17-11-9(12(16)18-13)6-19-10(11)5-7-1-3-8(15)4-2-7/h1-4,10H,5-6H2,(H2,16,17,18). The number of halogens is 2. The highest BCUT2D eigenvalue weighted by Crippen LogP contribution is 2.34. The molecule has 4 nitrogen and oxygen atoms in total. The monoisotopic (exact) mass is 279 g/mol.